The van der Waals surface area contributed by atoms with Gasteiger partial charge in [-0.3, -0.25) is 24.4 Å². The van der Waals surface area contributed by atoms with Gasteiger partial charge >= 0.3 is 6.09 Å². The van der Waals surface area contributed by atoms with Gasteiger partial charge in [0, 0.05) is 51.6 Å². The fraction of sp³-hybridized carbons (Fsp3) is 0.581. The van der Waals surface area contributed by atoms with E-state index >= 15 is 0 Å². The number of amidine groups is 2. The summed E-state index contributed by atoms with van der Waals surface area (Å²) in [6.45, 7) is 11.7. The number of hydrogen-bond acceptors (Lipinski definition) is 11. The van der Waals surface area contributed by atoms with Crippen LogP contribution in [0.1, 0.15) is 87.7 Å². The fourth-order valence-electron chi connectivity index (χ4n) is 9.33. The number of anilines is 2. The third-order valence-electron chi connectivity index (χ3n) is 12.5. The zero-order chi connectivity index (χ0) is 41.2. The van der Waals surface area contributed by atoms with Crippen molar-refractivity contribution in [3.05, 3.63) is 58.7 Å². The smallest absolute Gasteiger partial charge is 0.407 e. The Hall–Kier alpha value is -5.34. The van der Waals surface area contributed by atoms with Crippen molar-refractivity contribution in [2.45, 2.75) is 103 Å². The predicted molar refractivity (Wildman–Crippen MR) is 225 cm³/mol. The van der Waals surface area contributed by atoms with Crippen molar-refractivity contribution in [1.82, 2.24) is 31.1 Å². The molecule has 15 heteroatoms. The van der Waals surface area contributed by atoms with Crippen LogP contribution in [0, 0.1) is 11.8 Å². The van der Waals surface area contributed by atoms with E-state index in [0.29, 0.717) is 32.6 Å². The first-order chi connectivity index (χ1) is 27.9. The fourth-order valence-corrected chi connectivity index (χ4v) is 9.33. The summed E-state index contributed by atoms with van der Waals surface area (Å²) in [5.74, 6) is 1.42. The minimum Gasteiger partial charge on any atom is -0.453 e. The number of aliphatic imine (C=N–C) groups is 2. The van der Waals surface area contributed by atoms with Gasteiger partial charge in [0.15, 0.2) is 0 Å². The molecule has 15 nitrogen and oxygen atoms in total. The number of fused-ring (bicyclic) bond motifs is 2. The number of amides is 4. The summed E-state index contributed by atoms with van der Waals surface area (Å²) in [7, 11) is 5.59. The molecule has 2 aromatic carbocycles. The minimum atomic E-state index is -0.671. The SMILES string of the molecule is COC(=O)N[C@H](C(=O)N1CCC[C@H]1C1=NCC(c2ccc3c(c2)CN(C)c2ccc(C4CN=C([C@@H]5CCCN5C(=O)[C@@H](NC=O)C(C)C)N4)cc2CN3C)N1)C(C)C. The van der Waals surface area contributed by atoms with Crippen LogP contribution < -0.4 is 31.1 Å². The molecule has 0 aromatic heterocycles. The number of nitrogens with one attached hydrogen (secondary N) is 4. The molecule has 4 N–H and O–H groups in total. The van der Waals surface area contributed by atoms with Gasteiger partial charge in [-0.05, 0) is 84.0 Å². The van der Waals surface area contributed by atoms with E-state index in [-0.39, 0.29) is 47.8 Å². The average molecular weight is 797 g/mol. The predicted octanol–water partition coefficient (Wildman–Crippen LogP) is 3.49. The van der Waals surface area contributed by atoms with Crippen LogP contribution in [0.5, 0.6) is 0 Å². The van der Waals surface area contributed by atoms with Crippen LogP contribution in [0.3, 0.4) is 0 Å². The summed E-state index contributed by atoms with van der Waals surface area (Å²) >= 11 is 0. The van der Waals surface area contributed by atoms with Crippen molar-refractivity contribution in [2.75, 3.05) is 57.2 Å². The molecule has 0 radical (unpaired) electrons. The first-order valence-corrected chi connectivity index (χ1v) is 20.8. The normalized spacial score (nSPS) is 23.9. The molecular weight excluding hydrogens is 737 g/mol. The van der Waals surface area contributed by atoms with Gasteiger partial charge < -0.3 is 45.6 Å². The van der Waals surface area contributed by atoms with Crippen molar-refractivity contribution in [2.24, 2.45) is 21.8 Å². The zero-order valence-corrected chi connectivity index (χ0v) is 35.0. The summed E-state index contributed by atoms with van der Waals surface area (Å²) in [6.07, 6.45) is 3.45. The number of benzene rings is 2. The number of hydrogen-bond donors (Lipinski definition) is 4. The van der Waals surface area contributed by atoms with E-state index in [4.69, 9.17) is 14.7 Å². The van der Waals surface area contributed by atoms with E-state index in [9.17, 15) is 19.2 Å². The molecule has 6 atom stereocenters. The average Bonchev–Trinajstić information content (AvgIpc) is 4.04. The lowest BCUT2D eigenvalue weighted by Crippen LogP contribution is -2.54. The maximum absolute atomic E-state index is 13.7. The van der Waals surface area contributed by atoms with Gasteiger partial charge in [0.1, 0.15) is 23.8 Å². The molecule has 312 valence electrons. The molecule has 5 aliphatic rings. The zero-order valence-electron chi connectivity index (χ0n) is 35.0. The van der Waals surface area contributed by atoms with E-state index < -0.39 is 18.2 Å². The first kappa shape index (κ1) is 40.8. The van der Waals surface area contributed by atoms with E-state index in [1.165, 1.54) is 35.2 Å². The molecule has 2 fully saturated rings. The Bertz CT molecular complexity index is 1950. The highest BCUT2D eigenvalue weighted by atomic mass is 16.5. The van der Waals surface area contributed by atoms with Crippen LogP contribution in [-0.2, 0) is 32.2 Å². The van der Waals surface area contributed by atoms with Crippen LogP contribution in [0.4, 0.5) is 16.2 Å². The molecule has 2 saturated heterocycles. The number of carbonyl (C=O) groups excluding carboxylic acids is 4. The lowest BCUT2D eigenvalue weighted by atomic mass is 9.97. The van der Waals surface area contributed by atoms with Gasteiger partial charge in [-0.1, -0.05) is 39.8 Å². The van der Waals surface area contributed by atoms with Crippen LogP contribution in [-0.4, -0.2) is 117 Å². The number of nitrogens with zero attached hydrogens (tertiary/aromatic N) is 6. The highest BCUT2D eigenvalue weighted by Crippen LogP contribution is 2.36. The summed E-state index contributed by atoms with van der Waals surface area (Å²) in [5.41, 5.74) is 7.14. The molecule has 0 saturated carbocycles. The number of rotatable bonds is 11. The molecule has 58 heavy (non-hydrogen) atoms. The summed E-state index contributed by atoms with van der Waals surface area (Å²) in [4.78, 5) is 68.7. The van der Waals surface area contributed by atoms with Crippen LogP contribution >= 0.6 is 0 Å². The molecular formula is C43H60N10O5. The summed E-state index contributed by atoms with van der Waals surface area (Å²) in [6, 6.07) is 11.9. The van der Waals surface area contributed by atoms with Gasteiger partial charge in [0.2, 0.25) is 18.2 Å². The van der Waals surface area contributed by atoms with Crippen molar-refractivity contribution >= 4 is 47.4 Å². The number of ether oxygens (including phenoxy) is 1. The Balaban J connectivity index is 1.00. The van der Waals surface area contributed by atoms with Crippen molar-refractivity contribution in [3.63, 3.8) is 0 Å². The first-order valence-electron chi connectivity index (χ1n) is 20.8. The lowest BCUT2D eigenvalue weighted by Gasteiger charge is -2.33. The van der Waals surface area contributed by atoms with Crippen LogP contribution in [0.25, 0.3) is 0 Å². The molecule has 2 aromatic rings. The molecule has 2 unspecified atom stereocenters. The van der Waals surface area contributed by atoms with Gasteiger partial charge in [-0.25, -0.2) is 4.79 Å². The highest BCUT2D eigenvalue weighted by Gasteiger charge is 2.41. The largest absolute Gasteiger partial charge is 0.453 e. The summed E-state index contributed by atoms with van der Waals surface area (Å²) < 4.78 is 4.80. The van der Waals surface area contributed by atoms with E-state index in [0.717, 1.165) is 56.0 Å². The number of carbonyl (C=O) groups is 4. The Morgan fingerprint density at radius 1 is 0.759 bits per heavy atom. The van der Waals surface area contributed by atoms with Gasteiger partial charge in [0.25, 0.3) is 0 Å². The van der Waals surface area contributed by atoms with Crippen molar-refractivity contribution in [1.29, 1.82) is 0 Å². The molecule has 0 spiro atoms. The van der Waals surface area contributed by atoms with E-state index in [2.05, 4.69) is 81.6 Å². The van der Waals surface area contributed by atoms with Crippen molar-refractivity contribution in [3.8, 4) is 0 Å². The molecule has 7 rings (SSSR count). The third kappa shape index (κ3) is 8.17. The number of methoxy groups -OCH3 is 1. The van der Waals surface area contributed by atoms with Gasteiger partial charge in [0.05, 0.1) is 44.4 Å². The molecule has 0 aliphatic carbocycles. The Kier molecular flexibility index (Phi) is 12.1. The van der Waals surface area contributed by atoms with Gasteiger partial charge in [-0.15, -0.1) is 0 Å². The monoisotopic (exact) mass is 796 g/mol. The van der Waals surface area contributed by atoms with Crippen molar-refractivity contribution < 1.29 is 23.9 Å². The second-order valence-electron chi connectivity index (χ2n) is 17.1. The van der Waals surface area contributed by atoms with Crippen LogP contribution in [0.15, 0.2) is 46.4 Å². The maximum atomic E-state index is 13.7. The Morgan fingerprint density at radius 3 is 1.66 bits per heavy atom. The van der Waals surface area contributed by atoms with E-state index in [1.807, 2.05) is 37.5 Å². The standard InChI is InChI=1S/C43H60N10O5/c1-25(2)37(46-24-54)41(55)52-16-8-10-35(52)39-44-20-31(47-39)27-12-14-33-29(18-27)22-50(5)34-15-13-28(19-30(34)23-51(33)6)32-21-45-40(48-32)36-11-9-17-53(36)42(56)38(26(3)4)49-43(57)58-7/h12-15,18-19,24-26,31-32,35-38H,8-11,16-17,20-23H2,1-7H3,(H,44,47)(H,45,48)(H,46,54)(H,49,57)/t31?,32?,35-,36-,37-,38-/m0/s1. The molecule has 0 bridgehead atoms. The van der Waals surface area contributed by atoms with Gasteiger partial charge in [-0.2, -0.15) is 0 Å². The van der Waals surface area contributed by atoms with E-state index in [1.54, 1.807) is 0 Å². The minimum absolute atomic E-state index is 0.00654. The molecule has 4 amide bonds. The maximum Gasteiger partial charge on any atom is 0.407 e. The number of likely N-dealkylation sites (tertiary alicyclic amines) is 2. The third-order valence-corrected chi connectivity index (χ3v) is 12.5. The molecule has 5 heterocycles. The number of alkyl carbamates (subject to hydrolysis) is 1. The Labute approximate surface area is 342 Å². The molecule has 5 aliphatic heterocycles. The highest BCUT2D eigenvalue weighted by molar-refractivity contribution is 5.96. The summed E-state index contributed by atoms with van der Waals surface area (Å²) in [5, 5.41) is 12.8. The lowest BCUT2D eigenvalue weighted by molar-refractivity contribution is -0.136. The van der Waals surface area contributed by atoms with Crippen LogP contribution in [0.2, 0.25) is 0 Å². The second-order valence-corrected chi connectivity index (χ2v) is 17.1. The second kappa shape index (κ2) is 17.3. The Morgan fingerprint density at radius 2 is 1.22 bits per heavy atom. The topological polar surface area (TPSA) is 163 Å². The quantitative estimate of drug-likeness (QED) is 0.250.